The topological polar surface area (TPSA) is 91.4 Å². The second kappa shape index (κ2) is 9.54. The quantitative estimate of drug-likeness (QED) is 0.680. The zero-order chi connectivity index (χ0) is 19.9. The summed E-state index contributed by atoms with van der Waals surface area (Å²) in [6.45, 7) is 2.01. The molecular formula is C20H25NO7. The number of amides is 1. The van der Waals surface area contributed by atoms with Gasteiger partial charge in [-0.1, -0.05) is 0 Å². The molecule has 0 aromatic heterocycles. The Hall–Kier alpha value is -2.61. The molecule has 1 atom stereocenters. The Labute approximate surface area is 163 Å². The first-order valence-electron chi connectivity index (χ1n) is 9.48. The standard InChI is InChI=1S/C20H25NO7/c1-25-18-12-14(20(24)28-16-5-3-2-4-15(16)22)6-7-17(18)27-13-19(23)21-8-10-26-11-9-21/h6-7,12,16H,2-5,8-11,13H2,1H3. The SMILES string of the molecule is COc1cc(C(=O)OC2CCCCC2=O)ccc1OCC(=O)N1CCOCC1. The molecule has 8 nitrogen and oxygen atoms in total. The lowest BCUT2D eigenvalue weighted by Gasteiger charge is -2.26. The highest BCUT2D eigenvalue weighted by Gasteiger charge is 2.26. The van der Waals surface area contributed by atoms with Crippen molar-refractivity contribution < 1.29 is 33.3 Å². The smallest absolute Gasteiger partial charge is 0.338 e. The largest absolute Gasteiger partial charge is 0.493 e. The summed E-state index contributed by atoms with van der Waals surface area (Å²) in [4.78, 5) is 38.1. The Morgan fingerprint density at radius 1 is 1.18 bits per heavy atom. The number of nitrogens with zero attached hydrogens (tertiary/aromatic N) is 1. The Balaban J connectivity index is 1.60. The minimum atomic E-state index is -0.672. The summed E-state index contributed by atoms with van der Waals surface area (Å²) in [7, 11) is 1.45. The van der Waals surface area contributed by atoms with E-state index in [1.807, 2.05) is 0 Å². The molecule has 1 aromatic carbocycles. The van der Waals surface area contributed by atoms with Crippen LogP contribution in [0.15, 0.2) is 18.2 Å². The number of ketones is 1. The number of benzene rings is 1. The molecule has 1 amide bonds. The van der Waals surface area contributed by atoms with Gasteiger partial charge in [0.1, 0.15) is 0 Å². The van der Waals surface area contributed by atoms with Crippen LogP contribution in [0.1, 0.15) is 36.0 Å². The van der Waals surface area contributed by atoms with E-state index in [0.29, 0.717) is 50.6 Å². The van der Waals surface area contributed by atoms with Crippen LogP contribution in [0.3, 0.4) is 0 Å². The number of carbonyl (C=O) groups is 3. The number of esters is 1. The minimum Gasteiger partial charge on any atom is -0.493 e. The van der Waals surface area contributed by atoms with Gasteiger partial charge >= 0.3 is 5.97 Å². The van der Waals surface area contributed by atoms with E-state index in [2.05, 4.69) is 0 Å². The first-order valence-corrected chi connectivity index (χ1v) is 9.48. The summed E-state index contributed by atoms with van der Waals surface area (Å²) >= 11 is 0. The molecule has 2 fully saturated rings. The van der Waals surface area contributed by atoms with Gasteiger partial charge in [0, 0.05) is 19.5 Å². The second-order valence-corrected chi connectivity index (χ2v) is 6.75. The maximum Gasteiger partial charge on any atom is 0.338 e. The number of hydrogen-bond acceptors (Lipinski definition) is 7. The lowest BCUT2D eigenvalue weighted by Crippen LogP contribution is -2.43. The molecule has 0 N–H and O–H groups in total. The Morgan fingerprint density at radius 3 is 2.68 bits per heavy atom. The number of carbonyl (C=O) groups excluding carboxylic acids is 3. The minimum absolute atomic E-state index is 0.0341. The summed E-state index contributed by atoms with van der Waals surface area (Å²) in [5.41, 5.74) is 0.266. The molecule has 1 heterocycles. The van der Waals surface area contributed by atoms with Crippen molar-refractivity contribution in [2.24, 2.45) is 0 Å². The summed E-state index contributed by atoms with van der Waals surface area (Å²) in [5, 5.41) is 0. The van der Waals surface area contributed by atoms with Crippen LogP contribution in [0.2, 0.25) is 0 Å². The number of morpholine rings is 1. The van der Waals surface area contributed by atoms with Gasteiger partial charge in [-0.3, -0.25) is 9.59 Å². The zero-order valence-electron chi connectivity index (χ0n) is 16.0. The van der Waals surface area contributed by atoms with Crippen LogP contribution in [0.25, 0.3) is 0 Å². The van der Waals surface area contributed by atoms with E-state index in [0.717, 1.165) is 12.8 Å². The molecule has 0 radical (unpaired) electrons. The van der Waals surface area contributed by atoms with Crippen molar-refractivity contribution in [1.82, 2.24) is 4.90 Å². The molecule has 1 unspecified atom stereocenters. The van der Waals surface area contributed by atoms with Crippen LogP contribution in [0.5, 0.6) is 11.5 Å². The van der Waals surface area contributed by atoms with Crippen LogP contribution in [0.4, 0.5) is 0 Å². The molecule has 0 bridgehead atoms. The monoisotopic (exact) mass is 391 g/mol. The molecule has 152 valence electrons. The summed E-state index contributed by atoms with van der Waals surface area (Å²) in [6, 6.07) is 4.58. The van der Waals surface area contributed by atoms with Crippen LogP contribution in [-0.4, -0.2) is 68.7 Å². The van der Waals surface area contributed by atoms with Gasteiger partial charge in [0.05, 0.1) is 25.9 Å². The third kappa shape index (κ3) is 5.01. The molecule has 28 heavy (non-hydrogen) atoms. The van der Waals surface area contributed by atoms with E-state index in [-0.39, 0.29) is 23.9 Å². The normalized spacial score (nSPS) is 19.8. The number of hydrogen-bond donors (Lipinski definition) is 0. The molecular weight excluding hydrogens is 366 g/mol. The van der Waals surface area contributed by atoms with Gasteiger partial charge in [0.25, 0.3) is 5.91 Å². The predicted molar refractivity (Wildman–Crippen MR) is 98.6 cm³/mol. The van der Waals surface area contributed by atoms with Crippen molar-refractivity contribution in [3.8, 4) is 11.5 Å². The number of rotatable bonds is 6. The third-order valence-electron chi connectivity index (χ3n) is 4.86. The highest BCUT2D eigenvalue weighted by atomic mass is 16.5. The van der Waals surface area contributed by atoms with E-state index in [4.69, 9.17) is 18.9 Å². The first-order chi connectivity index (χ1) is 13.6. The molecule has 0 spiro atoms. The maximum absolute atomic E-state index is 12.4. The average molecular weight is 391 g/mol. The van der Waals surface area contributed by atoms with Gasteiger partial charge < -0.3 is 23.8 Å². The van der Waals surface area contributed by atoms with Crippen LogP contribution < -0.4 is 9.47 Å². The van der Waals surface area contributed by atoms with E-state index in [1.165, 1.54) is 19.2 Å². The first kappa shape index (κ1) is 20.1. The molecule has 1 saturated heterocycles. The summed E-state index contributed by atoms with van der Waals surface area (Å²) in [5.74, 6) is -0.0686. The Kier molecular flexibility index (Phi) is 6.86. The van der Waals surface area contributed by atoms with Gasteiger partial charge in [0.2, 0.25) is 0 Å². The van der Waals surface area contributed by atoms with E-state index in [9.17, 15) is 14.4 Å². The van der Waals surface area contributed by atoms with Gasteiger partial charge in [-0.15, -0.1) is 0 Å². The molecule has 1 aromatic rings. The van der Waals surface area contributed by atoms with E-state index >= 15 is 0 Å². The van der Waals surface area contributed by atoms with Crippen LogP contribution in [0, 0.1) is 0 Å². The van der Waals surface area contributed by atoms with Crippen molar-refractivity contribution >= 4 is 17.7 Å². The molecule has 8 heteroatoms. The van der Waals surface area contributed by atoms with Crippen LogP contribution in [-0.2, 0) is 19.1 Å². The van der Waals surface area contributed by atoms with Gasteiger partial charge in [-0.2, -0.15) is 0 Å². The number of ether oxygens (including phenoxy) is 4. The lowest BCUT2D eigenvalue weighted by atomic mass is 9.96. The average Bonchev–Trinajstić information content (AvgIpc) is 2.74. The summed E-state index contributed by atoms with van der Waals surface area (Å²) in [6.07, 6.45) is 2.05. The number of Topliss-reactive ketones (excluding diaryl/α,β-unsaturated/α-hetero) is 1. The van der Waals surface area contributed by atoms with Gasteiger partial charge in [-0.05, 0) is 37.5 Å². The fourth-order valence-electron chi connectivity index (χ4n) is 3.23. The van der Waals surface area contributed by atoms with Crippen molar-refractivity contribution in [2.45, 2.75) is 31.8 Å². The highest BCUT2D eigenvalue weighted by Crippen LogP contribution is 2.29. The van der Waals surface area contributed by atoms with Crippen LogP contribution >= 0.6 is 0 Å². The Morgan fingerprint density at radius 2 is 1.96 bits per heavy atom. The maximum atomic E-state index is 12.4. The van der Waals surface area contributed by atoms with Gasteiger partial charge in [-0.25, -0.2) is 4.79 Å². The molecule has 1 aliphatic heterocycles. The number of methoxy groups -OCH3 is 1. The van der Waals surface area contributed by atoms with Crippen molar-refractivity contribution in [3.63, 3.8) is 0 Å². The van der Waals surface area contributed by atoms with Crippen molar-refractivity contribution in [2.75, 3.05) is 40.0 Å². The van der Waals surface area contributed by atoms with E-state index in [1.54, 1.807) is 11.0 Å². The fourth-order valence-corrected chi connectivity index (χ4v) is 3.23. The van der Waals surface area contributed by atoms with Crippen molar-refractivity contribution in [1.29, 1.82) is 0 Å². The second-order valence-electron chi connectivity index (χ2n) is 6.75. The molecule has 3 rings (SSSR count). The fraction of sp³-hybridized carbons (Fsp3) is 0.550. The van der Waals surface area contributed by atoms with E-state index < -0.39 is 12.1 Å². The third-order valence-corrected chi connectivity index (χ3v) is 4.86. The lowest BCUT2D eigenvalue weighted by molar-refractivity contribution is -0.137. The summed E-state index contributed by atoms with van der Waals surface area (Å²) < 4.78 is 21.4. The zero-order valence-corrected chi connectivity index (χ0v) is 16.0. The Bertz CT molecular complexity index is 727. The molecule has 1 saturated carbocycles. The predicted octanol–water partition coefficient (Wildman–Crippen LogP) is 1.60. The molecule has 2 aliphatic rings. The highest BCUT2D eigenvalue weighted by molar-refractivity contribution is 5.93. The van der Waals surface area contributed by atoms with Crippen molar-refractivity contribution in [3.05, 3.63) is 23.8 Å². The molecule has 1 aliphatic carbocycles. The van der Waals surface area contributed by atoms with Gasteiger partial charge in [0.15, 0.2) is 30.0 Å².